The number of amides is 1. The van der Waals surface area contributed by atoms with Gasteiger partial charge in [0.2, 0.25) is 5.06 Å². The summed E-state index contributed by atoms with van der Waals surface area (Å²) < 4.78 is 10.8. The number of aromatic nitrogens is 1. The van der Waals surface area contributed by atoms with Crippen molar-refractivity contribution in [3.05, 3.63) is 35.9 Å². The van der Waals surface area contributed by atoms with Crippen molar-refractivity contribution < 1.29 is 13.9 Å². The van der Waals surface area contributed by atoms with Gasteiger partial charge >= 0.3 is 6.09 Å². The number of fused-ring (bicyclic) bond motifs is 2. The van der Waals surface area contributed by atoms with Gasteiger partial charge in [0.25, 0.3) is 0 Å². The standard InChI is InChI=1S/C17H11N5O3S/c18-6-8-11(10-5-7-3-1-2-4-9(7)24-10)12-13(19)16(25-17(21)23)26-15(12)22-14(8)20/h1-5H,19H2,(H2,20,22)(H2,21,23). The van der Waals surface area contributed by atoms with Crippen molar-refractivity contribution in [3.8, 4) is 22.5 Å². The van der Waals surface area contributed by atoms with Gasteiger partial charge in [-0.1, -0.05) is 29.5 Å². The van der Waals surface area contributed by atoms with Crippen LogP contribution in [-0.4, -0.2) is 11.1 Å². The Labute approximate surface area is 150 Å². The normalized spacial score (nSPS) is 10.9. The van der Waals surface area contributed by atoms with Gasteiger partial charge in [-0.05, 0) is 12.1 Å². The third kappa shape index (κ3) is 2.28. The van der Waals surface area contributed by atoms with Gasteiger partial charge in [0.15, 0.2) is 0 Å². The van der Waals surface area contributed by atoms with Crippen LogP contribution in [0, 0.1) is 11.3 Å². The van der Waals surface area contributed by atoms with E-state index in [-0.39, 0.29) is 22.1 Å². The van der Waals surface area contributed by atoms with Crippen LogP contribution in [0.1, 0.15) is 5.56 Å². The number of hydrogen-bond donors (Lipinski definition) is 3. The maximum atomic E-state index is 11.1. The molecule has 8 nitrogen and oxygen atoms in total. The van der Waals surface area contributed by atoms with E-state index in [4.69, 9.17) is 26.4 Å². The maximum Gasteiger partial charge on any atom is 0.410 e. The Kier molecular flexibility index (Phi) is 3.42. The Morgan fingerprint density at radius 3 is 2.77 bits per heavy atom. The summed E-state index contributed by atoms with van der Waals surface area (Å²) in [7, 11) is 0. The number of pyridine rings is 1. The van der Waals surface area contributed by atoms with E-state index in [1.165, 1.54) is 0 Å². The average molecular weight is 365 g/mol. The average Bonchev–Trinajstić information content (AvgIpc) is 3.15. The fraction of sp³-hybridized carbons (Fsp3) is 0. The number of hydrogen-bond acceptors (Lipinski definition) is 8. The minimum absolute atomic E-state index is 0.0299. The second-order valence-corrected chi connectivity index (χ2v) is 6.37. The molecule has 0 fully saturated rings. The molecule has 9 heteroatoms. The summed E-state index contributed by atoms with van der Waals surface area (Å²) in [6, 6.07) is 11.2. The molecule has 0 saturated carbocycles. The van der Waals surface area contributed by atoms with E-state index >= 15 is 0 Å². The van der Waals surface area contributed by atoms with E-state index in [9.17, 15) is 10.1 Å². The van der Waals surface area contributed by atoms with Crippen LogP contribution < -0.4 is 21.9 Å². The first kappa shape index (κ1) is 15.7. The van der Waals surface area contributed by atoms with Gasteiger partial charge < -0.3 is 26.4 Å². The summed E-state index contributed by atoms with van der Waals surface area (Å²) >= 11 is 1.01. The number of furan rings is 1. The number of thiophene rings is 1. The third-order valence-electron chi connectivity index (χ3n) is 3.85. The first-order valence-corrected chi connectivity index (χ1v) is 8.19. The van der Waals surface area contributed by atoms with E-state index in [2.05, 4.69) is 4.98 Å². The Morgan fingerprint density at radius 2 is 2.08 bits per heavy atom. The topological polar surface area (TPSA) is 154 Å². The molecule has 0 atom stereocenters. The molecule has 1 aromatic carbocycles. The molecule has 6 N–H and O–H groups in total. The number of nitrogen functional groups attached to an aromatic ring is 2. The number of rotatable bonds is 2. The van der Waals surface area contributed by atoms with Gasteiger partial charge in [-0.2, -0.15) is 5.26 Å². The van der Waals surface area contributed by atoms with E-state index in [1.54, 1.807) is 6.07 Å². The minimum atomic E-state index is -0.998. The van der Waals surface area contributed by atoms with Gasteiger partial charge in [-0.25, -0.2) is 9.78 Å². The summed E-state index contributed by atoms with van der Waals surface area (Å²) in [6.07, 6.45) is -0.998. The number of nitrogens with zero attached hydrogens (tertiary/aromatic N) is 2. The number of carbonyl (C=O) groups excluding carboxylic acids is 1. The fourth-order valence-corrected chi connectivity index (χ4v) is 3.75. The molecule has 0 aliphatic carbocycles. The number of primary amides is 1. The van der Waals surface area contributed by atoms with Crippen LogP contribution in [0.2, 0.25) is 0 Å². The van der Waals surface area contributed by atoms with Crippen LogP contribution in [0.3, 0.4) is 0 Å². The third-order valence-corrected chi connectivity index (χ3v) is 4.83. The van der Waals surface area contributed by atoms with Gasteiger partial charge in [0.1, 0.15) is 33.6 Å². The highest BCUT2D eigenvalue weighted by Crippen LogP contribution is 2.47. The van der Waals surface area contributed by atoms with Gasteiger partial charge in [0, 0.05) is 5.39 Å². The Hall–Kier alpha value is -3.77. The van der Waals surface area contributed by atoms with E-state index in [0.29, 0.717) is 27.1 Å². The maximum absolute atomic E-state index is 11.1. The first-order valence-electron chi connectivity index (χ1n) is 7.37. The monoisotopic (exact) mass is 365 g/mol. The molecular weight excluding hydrogens is 354 g/mol. The van der Waals surface area contributed by atoms with E-state index in [1.807, 2.05) is 30.3 Å². The minimum Gasteiger partial charge on any atom is -0.456 e. The number of ether oxygens (including phenoxy) is 1. The molecule has 0 radical (unpaired) electrons. The zero-order valence-corrected chi connectivity index (χ0v) is 14.0. The molecule has 26 heavy (non-hydrogen) atoms. The molecule has 0 spiro atoms. The highest BCUT2D eigenvalue weighted by atomic mass is 32.1. The molecule has 4 rings (SSSR count). The zero-order valence-electron chi connectivity index (χ0n) is 13.1. The fourth-order valence-electron chi connectivity index (χ4n) is 2.78. The molecule has 3 aromatic heterocycles. The van der Waals surface area contributed by atoms with Crippen molar-refractivity contribution in [2.75, 3.05) is 11.5 Å². The molecule has 0 aliphatic rings. The van der Waals surface area contributed by atoms with Crippen molar-refractivity contribution in [1.29, 1.82) is 5.26 Å². The lowest BCUT2D eigenvalue weighted by molar-refractivity contribution is 0.212. The molecule has 0 aliphatic heterocycles. The van der Waals surface area contributed by atoms with Crippen molar-refractivity contribution in [3.63, 3.8) is 0 Å². The summed E-state index contributed by atoms with van der Waals surface area (Å²) in [5, 5.41) is 11.0. The summed E-state index contributed by atoms with van der Waals surface area (Å²) in [6.45, 7) is 0. The lowest BCUT2D eigenvalue weighted by atomic mass is 10.0. The molecule has 0 unspecified atom stereocenters. The van der Waals surface area contributed by atoms with Crippen LogP contribution in [-0.2, 0) is 0 Å². The lowest BCUT2D eigenvalue weighted by Crippen LogP contribution is -2.16. The lowest BCUT2D eigenvalue weighted by Gasteiger charge is -2.06. The van der Waals surface area contributed by atoms with Crippen LogP contribution >= 0.6 is 11.3 Å². The Balaban J connectivity index is 2.10. The highest BCUT2D eigenvalue weighted by Gasteiger charge is 2.24. The predicted molar refractivity (Wildman–Crippen MR) is 98.6 cm³/mol. The van der Waals surface area contributed by atoms with Gasteiger partial charge in [-0.15, -0.1) is 0 Å². The van der Waals surface area contributed by atoms with Crippen molar-refractivity contribution >= 4 is 50.1 Å². The molecule has 4 aromatic rings. The van der Waals surface area contributed by atoms with Crippen LogP contribution in [0.25, 0.3) is 32.5 Å². The van der Waals surface area contributed by atoms with Crippen LogP contribution in [0.15, 0.2) is 34.7 Å². The van der Waals surface area contributed by atoms with Crippen LogP contribution in [0.5, 0.6) is 5.06 Å². The zero-order chi connectivity index (χ0) is 18.4. The number of nitrogens with two attached hydrogens (primary N) is 3. The second-order valence-electron chi connectivity index (χ2n) is 5.41. The second kappa shape index (κ2) is 5.65. The van der Waals surface area contributed by atoms with Crippen molar-refractivity contribution in [2.24, 2.45) is 5.73 Å². The van der Waals surface area contributed by atoms with Crippen molar-refractivity contribution in [2.45, 2.75) is 0 Å². The largest absolute Gasteiger partial charge is 0.456 e. The summed E-state index contributed by atoms with van der Waals surface area (Å²) in [5.74, 6) is 0.444. The molecule has 0 bridgehead atoms. The predicted octanol–water partition coefficient (Wildman–Crippen LogP) is 3.20. The summed E-state index contributed by atoms with van der Waals surface area (Å²) in [5.41, 5.74) is 18.5. The number of para-hydroxylation sites is 1. The molecule has 0 saturated heterocycles. The number of benzene rings is 1. The number of nitriles is 1. The molecule has 128 valence electrons. The quantitative estimate of drug-likeness (QED) is 0.492. The van der Waals surface area contributed by atoms with Gasteiger partial charge in [0.05, 0.1) is 16.6 Å². The Bertz CT molecular complexity index is 1200. The Morgan fingerprint density at radius 1 is 1.31 bits per heavy atom. The summed E-state index contributed by atoms with van der Waals surface area (Å²) in [4.78, 5) is 15.7. The highest BCUT2D eigenvalue weighted by molar-refractivity contribution is 7.21. The SMILES string of the molecule is N#Cc1c(N)nc2sc(OC(N)=O)c(N)c2c1-c1cc2ccccc2o1. The number of carbonyl (C=O) groups is 1. The smallest absolute Gasteiger partial charge is 0.410 e. The molecule has 3 heterocycles. The van der Waals surface area contributed by atoms with Crippen LogP contribution in [0.4, 0.5) is 16.3 Å². The van der Waals surface area contributed by atoms with Gasteiger partial charge in [-0.3, -0.25) is 0 Å². The number of anilines is 2. The molecular formula is C17H11N5O3S. The first-order chi connectivity index (χ1) is 12.5. The van der Waals surface area contributed by atoms with E-state index in [0.717, 1.165) is 16.7 Å². The van der Waals surface area contributed by atoms with Crippen molar-refractivity contribution in [1.82, 2.24) is 4.98 Å². The molecule has 1 amide bonds. The van der Waals surface area contributed by atoms with E-state index < -0.39 is 6.09 Å².